The number of aryl methyl sites for hydroxylation is 1. The zero-order chi connectivity index (χ0) is 11.4. The first kappa shape index (κ1) is 11.8. The number of hydrogen-bond acceptors (Lipinski definition) is 4. The summed E-state index contributed by atoms with van der Waals surface area (Å²) >= 11 is 3.45. The minimum atomic E-state index is 0.258. The van der Waals surface area contributed by atoms with E-state index in [4.69, 9.17) is 4.74 Å². The summed E-state index contributed by atoms with van der Waals surface area (Å²) < 4.78 is 5.60. The van der Waals surface area contributed by atoms with Gasteiger partial charge in [-0.3, -0.25) is 0 Å². The van der Waals surface area contributed by atoms with Crippen LogP contribution in [0.2, 0.25) is 0 Å². The molecular weight excluding hydrogens is 270 g/mol. The highest BCUT2D eigenvalue weighted by molar-refractivity contribution is 9.09. The number of alkyl halides is 1. The van der Waals surface area contributed by atoms with Crippen molar-refractivity contribution in [2.24, 2.45) is 0 Å². The van der Waals surface area contributed by atoms with Crippen LogP contribution in [0.1, 0.15) is 12.6 Å². The summed E-state index contributed by atoms with van der Waals surface area (Å²) in [4.78, 5) is 10.8. The molecule has 16 heavy (non-hydrogen) atoms. The van der Waals surface area contributed by atoms with Gasteiger partial charge in [0.15, 0.2) is 0 Å². The molecule has 0 saturated carbocycles. The van der Waals surface area contributed by atoms with Crippen molar-refractivity contribution in [3.8, 4) is 0 Å². The fourth-order valence-electron chi connectivity index (χ4n) is 1.77. The molecule has 5 heteroatoms. The van der Waals surface area contributed by atoms with E-state index in [0.29, 0.717) is 0 Å². The molecule has 1 saturated heterocycles. The molecule has 0 N–H and O–H groups in total. The second-order valence-electron chi connectivity index (χ2n) is 3.81. The molecule has 0 amide bonds. The Morgan fingerprint density at radius 3 is 3.19 bits per heavy atom. The zero-order valence-corrected chi connectivity index (χ0v) is 11.0. The molecule has 1 aliphatic rings. The fourth-order valence-corrected chi connectivity index (χ4v) is 2.16. The second-order valence-corrected chi connectivity index (χ2v) is 4.46. The van der Waals surface area contributed by atoms with Crippen LogP contribution < -0.4 is 4.90 Å². The van der Waals surface area contributed by atoms with E-state index >= 15 is 0 Å². The number of aromatic nitrogens is 2. The first-order chi connectivity index (χ1) is 7.83. The lowest BCUT2D eigenvalue weighted by Crippen LogP contribution is -2.43. The third kappa shape index (κ3) is 2.71. The molecule has 1 unspecified atom stereocenters. The van der Waals surface area contributed by atoms with E-state index in [0.717, 1.165) is 43.0 Å². The lowest BCUT2D eigenvalue weighted by molar-refractivity contribution is 0.0568. The number of halogens is 1. The molecule has 0 spiro atoms. The van der Waals surface area contributed by atoms with Gasteiger partial charge in [0.2, 0.25) is 0 Å². The normalized spacial score (nSPS) is 21.1. The maximum atomic E-state index is 5.60. The van der Waals surface area contributed by atoms with Crippen molar-refractivity contribution >= 4 is 21.7 Å². The van der Waals surface area contributed by atoms with Crippen LogP contribution in [0, 0.1) is 0 Å². The molecule has 1 fully saturated rings. The summed E-state index contributed by atoms with van der Waals surface area (Å²) in [5.74, 6) is 1.01. The molecule has 1 aromatic heterocycles. The van der Waals surface area contributed by atoms with Gasteiger partial charge in [-0.05, 0) is 6.42 Å². The average molecular weight is 286 g/mol. The fraction of sp³-hybridized carbons (Fsp3) is 0.636. The largest absolute Gasteiger partial charge is 0.374 e. The van der Waals surface area contributed by atoms with Crippen LogP contribution in [0.25, 0.3) is 0 Å². The van der Waals surface area contributed by atoms with E-state index in [1.54, 1.807) is 6.33 Å². The monoisotopic (exact) mass is 285 g/mol. The topological polar surface area (TPSA) is 38.2 Å². The Morgan fingerprint density at radius 2 is 2.44 bits per heavy atom. The van der Waals surface area contributed by atoms with E-state index in [2.05, 4.69) is 43.8 Å². The van der Waals surface area contributed by atoms with Crippen LogP contribution in [-0.4, -0.2) is 41.1 Å². The van der Waals surface area contributed by atoms with Gasteiger partial charge in [-0.25, -0.2) is 9.97 Å². The molecule has 1 atom stereocenters. The predicted molar refractivity (Wildman–Crippen MR) is 67.2 cm³/mol. The Morgan fingerprint density at radius 1 is 1.56 bits per heavy atom. The third-order valence-corrected chi connectivity index (χ3v) is 3.43. The van der Waals surface area contributed by atoms with Gasteiger partial charge < -0.3 is 9.64 Å². The highest BCUT2D eigenvalue weighted by atomic mass is 79.9. The molecule has 4 nitrogen and oxygen atoms in total. The molecule has 0 aromatic carbocycles. The molecule has 0 aliphatic carbocycles. The molecule has 2 rings (SSSR count). The quantitative estimate of drug-likeness (QED) is 0.792. The van der Waals surface area contributed by atoms with Gasteiger partial charge in [0.05, 0.1) is 12.7 Å². The van der Waals surface area contributed by atoms with Crippen molar-refractivity contribution in [2.45, 2.75) is 19.4 Å². The lowest BCUT2D eigenvalue weighted by atomic mass is 10.2. The Labute approximate surface area is 104 Å². The van der Waals surface area contributed by atoms with E-state index in [9.17, 15) is 0 Å². The first-order valence-corrected chi connectivity index (χ1v) is 6.69. The molecule has 0 bridgehead atoms. The van der Waals surface area contributed by atoms with Crippen molar-refractivity contribution in [2.75, 3.05) is 29.9 Å². The van der Waals surface area contributed by atoms with Crippen molar-refractivity contribution in [3.05, 3.63) is 18.1 Å². The van der Waals surface area contributed by atoms with Gasteiger partial charge in [-0.2, -0.15) is 0 Å². The van der Waals surface area contributed by atoms with Crippen molar-refractivity contribution < 1.29 is 4.74 Å². The summed E-state index contributed by atoms with van der Waals surface area (Å²) in [6.07, 6.45) is 2.85. The van der Waals surface area contributed by atoms with Crippen LogP contribution in [0.15, 0.2) is 12.4 Å². The summed E-state index contributed by atoms with van der Waals surface area (Å²) in [5, 5.41) is 0.870. The Balaban J connectivity index is 2.10. The average Bonchev–Trinajstić information content (AvgIpc) is 2.39. The maximum absolute atomic E-state index is 5.60. The van der Waals surface area contributed by atoms with E-state index in [1.165, 1.54) is 0 Å². The number of morpholine rings is 1. The number of anilines is 1. The molecule has 2 heterocycles. The number of rotatable bonds is 3. The molecule has 1 aromatic rings. The Bertz CT molecular complexity index is 348. The van der Waals surface area contributed by atoms with Gasteiger partial charge >= 0.3 is 0 Å². The lowest BCUT2D eigenvalue weighted by Gasteiger charge is -2.32. The van der Waals surface area contributed by atoms with Crippen molar-refractivity contribution in [1.82, 2.24) is 9.97 Å². The van der Waals surface area contributed by atoms with E-state index < -0.39 is 0 Å². The first-order valence-electron chi connectivity index (χ1n) is 5.57. The summed E-state index contributed by atoms with van der Waals surface area (Å²) in [7, 11) is 0. The number of hydrogen-bond donors (Lipinski definition) is 0. The highest BCUT2D eigenvalue weighted by Crippen LogP contribution is 2.16. The van der Waals surface area contributed by atoms with Crippen LogP contribution in [0.3, 0.4) is 0 Å². The minimum Gasteiger partial charge on any atom is -0.374 e. The van der Waals surface area contributed by atoms with Gasteiger partial charge in [0, 0.05) is 30.2 Å². The summed E-state index contributed by atoms with van der Waals surface area (Å²) in [6, 6.07) is 2.07. The molecule has 1 aliphatic heterocycles. The smallest absolute Gasteiger partial charge is 0.132 e. The van der Waals surface area contributed by atoms with Crippen LogP contribution in [0.5, 0.6) is 0 Å². The molecule has 0 radical (unpaired) electrons. The minimum absolute atomic E-state index is 0.258. The zero-order valence-electron chi connectivity index (χ0n) is 9.40. The SMILES string of the molecule is CCc1cc(N2CCOC(CBr)C2)ncn1. The number of ether oxygens (including phenoxy) is 1. The van der Waals surface area contributed by atoms with Crippen LogP contribution in [0.4, 0.5) is 5.82 Å². The second kappa shape index (κ2) is 5.59. The number of nitrogens with zero attached hydrogens (tertiary/aromatic N) is 3. The van der Waals surface area contributed by atoms with E-state index in [1.807, 2.05) is 0 Å². The summed E-state index contributed by atoms with van der Waals surface area (Å²) in [6.45, 7) is 4.67. The maximum Gasteiger partial charge on any atom is 0.132 e. The Kier molecular flexibility index (Phi) is 4.12. The van der Waals surface area contributed by atoms with Gasteiger partial charge in [-0.15, -0.1) is 0 Å². The summed E-state index contributed by atoms with van der Waals surface area (Å²) in [5.41, 5.74) is 1.09. The molecular formula is C11H16BrN3O. The van der Waals surface area contributed by atoms with Crippen molar-refractivity contribution in [1.29, 1.82) is 0 Å². The van der Waals surface area contributed by atoms with Crippen molar-refractivity contribution in [3.63, 3.8) is 0 Å². The van der Waals surface area contributed by atoms with Gasteiger partial charge in [0.1, 0.15) is 12.1 Å². The van der Waals surface area contributed by atoms with Crippen LogP contribution in [-0.2, 0) is 11.2 Å². The Hall–Kier alpha value is -0.680. The third-order valence-electron chi connectivity index (χ3n) is 2.71. The van der Waals surface area contributed by atoms with Crippen LogP contribution >= 0.6 is 15.9 Å². The predicted octanol–water partition coefficient (Wildman–Crippen LogP) is 1.64. The standard InChI is InChI=1S/C11H16BrN3O/c1-2-9-5-11(14-8-13-9)15-3-4-16-10(6-12)7-15/h5,8,10H,2-4,6-7H2,1H3. The van der Waals surface area contributed by atoms with Gasteiger partial charge in [0.25, 0.3) is 0 Å². The molecule has 88 valence electrons. The van der Waals surface area contributed by atoms with Gasteiger partial charge in [-0.1, -0.05) is 22.9 Å². The highest BCUT2D eigenvalue weighted by Gasteiger charge is 2.20. The van der Waals surface area contributed by atoms with E-state index in [-0.39, 0.29) is 6.10 Å².